The zero-order chi connectivity index (χ0) is 31.9. The van der Waals surface area contributed by atoms with Crippen LogP contribution in [0.2, 0.25) is 0 Å². The van der Waals surface area contributed by atoms with Crippen molar-refractivity contribution in [2.24, 2.45) is 11.8 Å². The van der Waals surface area contributed by atoms with E-state index in [0.29, 0.717) is 17.5 Å². The molecule has 4 saturated heterocycles. The third-order valence-corrected chi connectivity index (χ3v) is 9.72. The summed E-state index contributed by atoms with van der Waals surface area (Å²) < 4.78 is 34.7. The van der Waals surface area contributed by atoms with Crippen molar-refractivity contribution in [1.29, 1.82) is 0 Å². The Morgan fingerprint density at radius 2 is 2.13 bits per heavy atom. The summed E-state index contributed by atoms with van der Waals surface area (Å²) in [5, 5.41) is 19.7. The molecule has 2 N–H and O–H groups in total. The summed E-state index contributed by atoms with van der Waals surface area (Å²) in [4.78, 5) is 32.9. The Bertz CT molecular complexity index is 1860. The molecule has 4 aromatic rings. The minimum Gasteiger partial charge on any atom is -0.497 e. The van der Waals surface area contributed by atoms with Gasteiger partial charge in [0.15, 0.2) is 0 Å². The third-order valence-electron chi connectivity index (χ3n) is 9.72. The molecule has 1 aromatic carbocycles. The van der Waals surface area contributed by atoms with Gasteiger partial charge in [-0.25, -0.2) is 9.48 Å². The van der Waals surface area contributed by atoms with E-state index in [4.69, 9.17) is 14.2 Å². The lowest BCUT2D eigenvalue weighted by Crippen LogP contribution is -2.55. The molecule has 8 atom stereocenters. The van der Waals surface area contributed by atoms with E-state index in [1.54, 1.807) is 18.0 Å². The molecular weight excluding hydrogens is 597 g/mol. The highest BCUT2D eigenvalue weighted by Crippen LogP contribution is 2.44. The van der Waals surface area contributed by atoms with Gasteiger partial charge in [0, 0.05) is 30.6 Å². The number of aromatic amines is 1. The van der Waals surface area contributed by atoms with Gasteiger partial charge in [-0.2, -0.15) is 4.39 Å². The molecule has 242 valence electrons. The summed E-state index contributed by atoms with van der Waals surface area (Å²) >= 11 is 0. The van der Waals surface area contributed by atoms with Gasteiger partial charge >= 0.3 is 5.69 Å². The maximum atomic E-state index is 14.0. The predicted molar refractivity (Wildman–Crippen MR) is 164 cm³/mol. The van der Waals surface area contributed by atoms with Crippen LogP contribution in [-0.2, 0) is 16.1 Å². The molecule has 4 aliphatic rings. The molecule has 0 amide bonds. The summed E-state index contributed by atoms with van der Waals surface area (Å²) in [6, 6.07) is 7.50. The van der Waals surface area contributed by atoms with Gasteiger partial charge in [-0.05, 0) is 61.1 Å². The Labute approximate surface area is 263 Å². The van der Waals surface area contributed by atoms with E-state index in [1.165, 1.54) is 0 Å². The molecule has 7 heterocycles. The maximum Gasteiger partial charge on any atom is 0.330 e. The molecule has 4 aliphatic heterocycles. The molecule has 8 rings (SSSR count). The van der Waals surface area contributed by atoms with Gasteiger partial charge in [0.1, 0.15) is 23.8 Å². The normalized spacial score (nSPS) is 28.0. The number of aliphatic hydroxyl groups excluding tert-OH is 1. The number of fused-ring (bicyclic) bond motifs is 4. The first-order valence-corrected chi connectivity index (χ1v) is 15.5. The van der Waals surface area contributed by atoms with Gasteiger partial charge in [0.25, 0.3) is 5.56 Å². The quantitative estimate of drug-likeness (QED) is 0.250. The Balaban J connectivity index is 1.15. The lowest BCUT2D eigenvalue weighted by Gasteiger charge is -2.51. The highest BCUT2D eigenvalue weighted by Gasteiger charge is 2.44. The number of H-pyrrole nitrogens is 1. The molecule has 0 saturated carbocycles. The fraction of sp³-hybridized carbons (Fsp3) is 0.469. The van der Waals surface area contributed by atoms with Crippen molar-refractivity contribution in [2.45, 2.75) is 56.4 Å². The van der Waals surface area contributed by atoms with Crippen molar-refractivity contribution in [1.82, 2.24) is 34.4 Å². The number of nitrogens with one attached hydrogen (secondary N) is 1. The smallest absolute Gasteiger partial charge is 0.330 e. The van der Waals surface area contributed by atoms with Crippen molar-refractivity contribution >= 4 is 10.9 Å². The summed E-state index contributed by atoms with van der Waals surface area (Å²) in [6.45, 7) is 5.82. The number of pyridine rings is 1. The van der Waals surface area contributed by atoms with Crippen LogP contribution in [0.1, 0.15) is 48.9 Å². The number of hydrogen-bond donors (Lipinski definition) is 2. The summed E-state index contributed by atoms with van der Waals surface area (Å²) in [6.07, 6.45) is 6.80. The van der Waals surface area contributed by atoms with E-state index in [1.807, 2.05) is 35.4 Å². The van der Waals surface area contributed by atoms with Crippen LogP contribution in [0.15, 0.2) is 65.1 Å². The van der Waals surface area contributed by atoms with Gasteiger partial charge in [-0.3, -0.25) is 24.2 Å². The first kappa shape index (κ1) is 30.4. The Morgan fingerprint density at radius 1 is 1.26 bits per heavy atom. The van der Waals surface area contributed by atoms with Crippen molar-refractivity contribution in [3.05, 3.63) is 93.4 Å². The second kappa shape index (κ2) is 12.5. The average molecular weight is 634 g/mol. The number of benzene rings is 1. The third kappa shape index (κ3) is 5.55. The van der Waals surface area contributed by atoms with Gasteiger partial charge < -0.3 is 19.3 Å². The first-order valence-electron chi connectivity index (χ1n) is 15.5. The molecule has 4 fully saturated rings. The number of nitrogens with zero attached hydrogens (tertiary/aromatic N) is 6. The average Bonchev–Trinajstić information content (AvgIpc) is 3.74. The standard InChI is InChI=1S/C32H36FN7O6/c1-3-18-13-38-9-7-19(18)10-27(38)30(22-6-8-34-25-5-4-21(44-2)11-23(22)25)45-17-20-14-40(37-36-20)26-12-29(46-28(26)16-41)39-15-24(33)31(42)35-32(39)43/h3-6,8,11,14-15,18-19,26-30,41H,1,7,9-10,12-13,16-17H2,2H3,(H,35,42,43)/t18?,19?,26?,27-,28?,29?,30+/m1/s1. The van der Waals surface area contributed by atoms with Crippen LogP contribution >= 0.6 is 0 Å². The van der Waals surface area contributed by atoms with Crippen LogP contribution in [0.25, 0.3) is 10.9 Å². The molecule has 13 nitrogen and oxygen atoms in total. The Kier molecular flexibility index (Phi) is 8.27. The van der Waals surface area contributed by atoms with Crippen molar-refractivity contribution < 1.29 is 23.7 Å². The molecule has 0 aliphatic carbocycles. The number of piperidine rings is 3. The van der Waals surface area contributed by atoms with E-state index in [2.05, 4.69) is 32.9 Å². The minimum atomic E-state index is -1.11. The number of aromatic nitrogens is 6. The largest absolute Gasteiger partial charge is 0.497 e. The number of rotatable bonds is 10. The van der Waals surface area contributed by atoms with E-state index in [0.717, 1.165) is 58.9 Å². The highest BCUT2D eigenvalue weighted by atomic mass is 19.1. The topological polar surface area (TPSA) is 150 Å². The fourth-order valence-electron chi connectivity index (χ4n) is 7.34. The monoisotopic (exact) mass is 633 g/mol. The molecular formula is C32H36FN7O6. The second-order valence-corrected chi connectivity index (χ2v) is 12.2. The lowest BCUT2D eigenvalue weighted by atomic mass is 9.73. The van der Waals surface area contributed by atoms with Gasteiger partial charge in [0.2, 0.25) is 5.82 Å². The highest BCUT2D eigenvalue weighted by molar-refractivity contribution is 5.84. The van der Waals surface area contributed by atoms with E-state index in [9.17, 15) is 19.1 Å². The molecule has 46 heavy (non-hydrogen) atoms. The Hall–Kier alpha value is -4.24. The zero-order valence-electron chi connectivity index (χ0n) is 25.4. The molecule has 6 unspecified atom stereocenters. The van der Waals surface area contributed by atoms with Crippen LogP contribution in [0.5, 0.6) is 5.75 Å². The van der Waals surface area contributed by atoms with Crippen LogP contribution in [0.4, 0.5) is 4.39 Å². The first-order chi connectivity index (χ1) is 22.4. The van der Waals surface area contributed by atoms with Gasteiger partial charge in [0.05, 0.1) is 50.4 Å². The number of ether oxygens (including phenoxy) is 3. The second-order valence-electron chi connectivity index (χ2n) is 12.2. The van der Waals surface area contributed by atoms with Crippen LogP contribution in [0, 0.1) is 17.7 Å². The predicted octanol–water partition coefficient (Wildman–Crippen LogP) is 2.50. The van der Waals surface area contributed by atoms with Crippen LogP contribution in [-0.4, -0.2) is 78.5 Å². The molecule has 2 bridgehead atoms. The van der Waals surface area contributed by atoms with E-state index < -0.39 is 35.4 Å². The summed E-state index contributed by atoms with van der Waals surface area (Å²) in [5.74, 6) is 0.629. The van der Waals surface area contributed by atoms with Crippen molar-refractivity contribution in [3.63, 3.8) is 0 Å². The molecule has 14 heteroatoms. The molecule has 3 aromatic heterocycles. The SMILES string of the molecule is C=CC1CN2CCC1C[C@@H]2[C@@H](OCc1cn(C2CC(n3cc(F)c(=O)[nH]c3=O)OC2CO)nn1)c1ccnc2ccc(OC)cc12. The lowest BCUT2D eigenvalue weighted by molar-refractivity contribution is -0.0809. The molecule has 0 radical (unpaired) electrons. The fourth-order valence-corrected chi connectivity index (χ4v) is 7.34. The minimum absolute atomic E-state index is 0.139. The number of hydrogen-bond acceptors (Lipinski definition) is 10. The van der Waals surface area contributed by atoms with Crippen LogP contribution in [0.3, 0.4) is 0 Å². The number of methoxy groups -OCH3 is 1. The number of aliphatic hydroxyl groups is 1. The van der Waals surface area contributed by atoms with E-state index in [-0.39, 0.29) is 31.8 Å². The zero-order valence-corrected chi connectivity index (χ0v) is 25.4. The van der Waals surface area contributed by atoms with Gasteiger partial charge in [-0.1, -0.05) is 11.3 Å². The maximum absolute atomic E-state index is 14.0. The number of halogens is 1. The van der Waals surface area contributed by atoms with Crippen LogP contribution < -0.4 is 16.0 Å². The summed E-state index contributed by atoms with van der Waals surface area (Å²) in [7, 11) is 1.64. The van der Waals surface area contributed by atoms with E-state index >= 15 is 0 Å². The van der Waals surface area contributed by atoms with Crippen molar-refractivity contribution in [2.75, 3.05) is 26.8 Å². The van der Waals surface area contributed by atoms with Gasteiger partial charge in [-0.15, -0.1) is 11.7 Å². The Morgan fingerprint density at radius 3 is 2.89 bits per heavy atom. The summed E-state index contributed by atoms with van der Waals surface area (Å²) in [5.41, 5.74) is 0.541. The molecule has 0 spiro atoms. The van der Waals surface area contributed by atoms with Crippen molar-refractivity contribution in [3.8, 4) is 5.75 Å².